The molecule has 3 heterocycles. The second kappa shape index (κ2) is 9.61. The Hall–Kier alpha value is -2.54. The topological polar surface area (TPSA) is 92.7 Å². The van der Waals surface area contributed by atoms with E-state index >= 15 is 0 Å². The van der Waals surface area contributed by atoms with E-state index in [1.54, 1.807) is 32.1 Å². The quantitative estimate of drug-likeness (QED) is 0.385. The monoisotopic (exact) mass is 586 g/mol. The maximum Gasteiger partial charge on any atom is 0.274 e. The molecule has 1 unspecified atom stereocenters. The Morgan fingerprint density at radius 1 is 1.26 bits per heavy atom. The van der Waals surface area contributed by atoms with E-state index in [0.29, 0.717) is 31.7 Å². The van der Waals surface area contributed by atoms with Gasteiger partial charge in [-0.25, -0.2) is 8.78 Å². The largest absolute Gasteiger partial charge is 0.491 e. The summed E-state index contributed by atoms with van der Waals surface area (Å²) in [6.07, 6.45) is 0.599. The standard InChI is InChI=1S/C23H25F2IN4O4/c1-4-27-14-8-12-10-29(5-2)23(33)19-21(34-3)20(31)15(18(14)30(12)19)22(32)28-9-11-6-7-13(24)17(26)16(11)25/h6-7,12,14,27H,4-5,8-10H2,1-3H3,(H,28,32)/t12-,14?/m1/s1. The van der Waals surface area contributed by atoms with Crippen molar-refractivity contribution in [3.63, 3.8) is 0 Å². The molecule has 2 N–H and O–H groups in total. The van der Waals surface area contributed by atoms with Crippen molar-refractivity contribution in [1.29, 1.82) is 0 Å². The number of nitrogens with one attached hydrogen (secondary N) is 2. The van der Waals surface area contributed by atoms with Crippen LogP contribution in [-0.2, 0) is 6.54 Å². The molecule has 8 nitrogen and oxygen atoms in total. The number of aromatic nitrogens is 1. The zero-order valence-corrected chi connectivity index (χ0v) is 21.2. The van der Waals surface area contributed by atoms with Gasteiger partial charge in [-0.1, -0.05) is 13.0 Å². The van der Waals surface area contributed by atoms with Crippen molar-refractivity contribution < 1.29 is 23.1 Å². The summed E-state index contributed by atoms with van der Waals surface area (Å²) in [4.78, 5) is 41.6. The number of methoxy groups -OCH3 is 1. The number of amides is 2. The molecular weight excluding hydrogens is 561 g/mol. The predicted octanol–water partition coefficient (Wildman–Crippen LogP) is 2.74. The molecule has 1 aromatic heterocycles. The number of halogens is 3. The van der Waals surface area contributed by atoms with Gasteiger partial charge in [-0.15, -0.1) is 0 Å². The molecule has 4 rings (SSSR count). The molecule has 0 fully saturated rings. The second-order valence-corrected chi connectivity index (χ2v) is 9.28. The molecular formula is C23H25F2IN4O4. The Balaban J connectivity index is 1.81. The second-order valence-electron chi connectivity index (χ2n) is 8.20. The van der Waals surface area contributed by atoms with Crippen LogP contribution in [0.15, 0.2) is 16.9 Å². The van der Waals surface area contributed by atoms with E-state index in [1.807, 2.05) is 13.8 Å². The summed E-state index contributed by atoms with van der Waals surface area (Å²) in [7, 11) is 1.29. The third-order valence-electron chi connectivity index (χ3n) is 6.35. The van der Waals surface area contributed by atoms with Crippen LogP contribution in [-0.4, -0.2) is 48.0 Å². The first-order valence-corrected chi connectivity index (χ1v) is 12.1. The normalized spacial score (nSPS) is 18.8. The summed E-state index contributed by atoms with van der Waals surface area (Å²) in [6, 6.07) is 1.94. The van der Waals surface area contributed by atoms with Gasteiger partial charge in [0.25, 0.3) is 11.8 Å². The van der Waals surface area contributed by atoms with Gasteiger partial charge in [0.1, 0.15) is 17.2 Å². The highest BCUT2D eigenvalue weighted by Gasteiger charge is 2.45. The lowest BCUT2D eigenvalue weighted by Gasteiger charge is -2.34. The molecule has 1 aromatic carbocycles. The first-order valence-electron chi connectivity index (χ1n) is 11.0. The predicted molar refractivity (Wildman–Crippen MR) is 129 cm³/mol. The van der Waals surface area contributed by atoms with Gasteiger partial charge in [0.05, 0.1) is 28.5 Å². The van der Waals surface area contributed by atoms with Crippen LogP contribution in [0.5, 0.6) is 5.75 Å². The van der Waals surface area contributed by atoms with Crippen LogP contribution < -0.4 is 20.8 Å². The smallest absolute Gasteiger partial charge is 0.274 e. The summed E-state index contributed by atoms with van der Waals surface area (Å²) in [5.74, 6) is -2.66. The first-order chi connectivity index (χ1) is 16.2. The molecule has 182 valence electrons. The zero-order chi connectivity index (χ0) is 24.7. The lowest BCUT2D eigenvalue weighted by molar-refractivity contribution is 0.0674. The van der Waals surface area contributed by atoms with Crippen molar-refractivity contribution in [2.75, 3.05) is 26.7 Å². The van der Waals surface area contributed by atoms with E-state index in [-0.39, 0.29) is 50.7 Å². The molecule has 11 heteroatoms. The lowest BCUT2D eigenvalue weighted by atomic mass is 10.0. The minimum Gasteiger partial charge on any atom is -0.491 e. The highest BCUT2D eigenvalue weighted by Crippen LogP contribution is 2.42. The summed E-state index contributed by atoms with van der Waals surface area (Å²) >= 11 is 1.56. The Morgan fingerprint density at radius 2 is 2.00 bits per heavy atom. The maximum atomic E-state index is 14.4. The van der Waals surface area contributed by atoms with E-state index in [0.717, 1.165) is 6.07 Å². The number of rotatable bonds is 7. The minimum absolute atomic E-state index is 0.0930. The fraction of sp³-hybridized carbons (Fsp3) is 0.435. The number of hydrogen-bond donors (Lipinski definition) is 2. The number of pyridine rings is 1. The van der Waals surface area contributed by atoms with Crippen LogP contribution in [0.4, 0.5) is 8.78 Å². The molecule has 2 amide bonds. The van der Waals surface area contributed by atoms with Crippen LogP contribution in [0, 0.1) is 15.2 Å². The molecule has 34 heavy (non-hydrogen) atoms. The fourth-order valence-corrected chi connectivity index (χ4v) is 5.34. The van der Waals surface area contributed by atoms with Crippen molar-refractivity contribution in [3.05, 3.63) is 60.1 Å². The third-order valence-corrected chi connectivity index (χ3v) is 7.34. The molecule has 2 atom stereocenters. The molecule has 0 bridgehead atoms. The number of ether oxygens (including phenoxy) is 1. The van der Waals surface area contributed by atoms with Gasteiger partial charge in [0.2, 0.25) is 5.43 Å². The number of likely N-dealkylation sites (N-methyl/N-ethyl adjacent to an activating group) is 1. The third kappa shape index (κ3) is 3.88. The summed E-state index contributed by atoms with van der Waals surface area (Å²) in [5.41, 5.74) is -0.148. The molecule has 0 saturated heterocycles. The zero-order valence-electron chi connectivity index (χ0n) is 19.0. The van der Waals surface area contributed by atoms with Crippen LogP contribution in [0.3, 0.4) is 0 Å². The van der Waals surface area contributed by atoms with Crippen LogP contribution in [0.1, 0.15) is 64.5 Å². The SMILES string of the molecule is CCNC1C[C@@H]2CN(CC)C(=O)c3c(OC)c(=O)c(C(=O)NCc4ccc(F)c(I)c4F)c1n32. The van der Waals surface area contributed by atoms with Gasteiger partial charge in [-0.05, 0) is 48.5 Å². The van der Waals surface area contributed by atoms with Gasteiger partial charge in [-0.3, -0.25) is 14.4 Å². The van der Waals surface area contributed by atoms with Gasteiger partial charge < -0.3 is 24.8 Å². The Morgan fingerprint density at radius 3 is 2.65 bits per heavy atom. The molecule has 0 spiro atoms. The Labute approximate surface area is 208 Å². The minimum atomic E-state index is -0.763. The molecule has 2 aliphatic heterocycles. The van der Waals surface area contributed by atoms with Gasteiger partial charge in [0.15, 0.2) is 11.4 Å². The molecule has 0 aliphatic carbocycles. The fourth-order valence-electron chi connectivity index (χ4n) is 4.82. The molecule has 0 saturated carbocycles. The number of benzene rings is 1. The summed E-state index contributed by atoms with van der Waals surface area (Å²) < 4.78 is 35.0. The average Bonchev–Trinajstić information content (AvgIpc) is 3.16. The van der Waals surface area contributed by atoms with Gasteiger partial charge >= 0.3 is 0 Å². The van der Waals surface area contributed by atoms with E-state index < -0.39 is 23.0 Å². The summed E-state index contributed by atoms with van der Waals surface area (Å²) in [5, 5.41) is 5.90. The van der Waals surface area contributed by atoms with Gasteiger partial charge in [0, 0.05) is 25.2 Å². The van der Waals surface area contributed by atoms with Crippen molar-refractivity contribution in [1.82, 2.24) is 20.1 Å². The Kier molecular flexibility index (Phi) is 6.94. The highest BCUT2D eigenvalue weighted by molar-refractivity contribution is 14.1. The maximum absolute atomic E-state index is 14.4. The van der Waals surface area contributed by atoms with Crippen molar-refractivity contribution in [2.24, 2.45) is 0 Å². The van der Waals surface area contributed by atoms with E-state index in [9.17, 15) is 23.2 Å². The summed E-state index contributed by atoms with van der Waals surface area (Å²) in [6.45, 7) is 5.09. The number of carbonyl (C=O) groups excluding carboxylic acids is 2. The molecule has 0 radical (unpaired) electrons. The van der Waals surface area contributed by atoms with Gasteiger partial charge in [-0.2, -0.15) is 0 Å². The van der Waals surface area contributed by atoms with Crippen LogP contribution in [0.2, 0.25) is 0 Å². The first kappa shape index (κ1) is 24.6. The lowest BCUT2D eigenvalue weighted by Crippen LogP contribution is -2.45. The van der Waals surface area contributed by atoms with Crippen molar-refractivity contribution >= 4 is 34.4 Å². The van der Waals surface area contributed by atoms with Crippen molar-refractivity contribution in [3.8, 4) is 5.75 Å². The van der Waals surface area contributed by atoms with E-state index in [2.05, 4.69) is 10.6 Å². The molecule has 2 aliphatic rings. The van der Waals surface area contributed by atoms with Crippen LogP contribution in [0.25, 0.3) is 0 Å². The number of hydrogen-bond acceptors (Lipinski definition) is 5. The number of nitrogens with zero attached hydrogens (tertiary/aromatic N) is 2. The average molecular weight is 586 g/mol. The Bertz CT molecular complexity index is 1230. The van der Waals surface area contributed by atoms with Crippen LogP contribution >= 0.6 is 22.6 Å². The number of carbonyl (C=O) groups is 2. The van der Waals surface area contributed by atoms with E-state index in [1.165, 1.54) is 13.2 Å². The molecule has 2 aromatic rings. The van der Waals surface area contributed by atoms with E-state index in [4.69, 9.17) is 4.74 Å². The highest BCUT2D eigenvalue weighted by atomic mass is 127. The van der Waals surface area contributed by atoms with Crippen molar-refractivity contribution in [2.45, 2.75) is 38.9 Å².